The molecule has 0 atom stereocenters. The van der Waals surface area contributed by atoms with Crippen molar-refractivity contribution in [3.8, 4) is 0 Å². The molecule has 6 nitrogen and oxygen atoms in total. The van der Waals surface area contributed by atoms with Crippen molar-refractivity contribution in [3.05, 3.63) is 40.5 Å². The van der Waals surface area contributed by atoms with Gasteiger partial charge in [-0.3, -0.25) is 0 Å². The Labute approximate surface area is 132 Å². The van der Waals surface area contributed by atoms with Crippen molar-refractivity contribution in [3.63, 3.8) is 0 Å². The summed E-state index contributed by atoms with van der Waals surface area (Å²) in [5, 5.41) is 1.11. The van der Waals surface area contributed by atoms with Gasteiger partial charge in [0.15, 0.2) is 0 Å². The molecule has 1 aliphatic heterocycles. The van der Waals surface area contributed by atoms with Crippen LogP contribution in [0.1, 0.15) is 13.8 Å². The van der Waals surface area contributed by atoms with Crippen molar-refractivity contribution in [2.45, 2.75) is 24.3 Å². The van der Waals surface area contributed by atoms with Gasteiger partial charge in [0.05, 0.1) is 15.6 Å². The summed E-state index contributed by atoms with van der Waals surface area (Å²) in [5.41, 5.74) is 2.01. The van der Waals surface area contributed by atoms with E-state index in [0.717, 1.165) is 5.01 Å². The molecule has 0 saturated heterocycles. The summed E-state index contributed by atoms with van der Waals surface area (Å²) >= 11 is 11.7. The lowest BCUT2D eigenvalue weighted by Gasteiger charge is -2.30. The number of nitrogens with zero attached hydrogens (tertiary/aromatic N) is 1. The van der Waals surface area contributed by atoms with Crippen molar-refractivity contribution < 1.29 is 13.2 Å². The predicted octanol–water partition coefficient (Wildman–Crippen LogP) is 2.50. The second-order valence-electron chi connectivity index (χ2n) is 4.91. The first-order chi connectivity index (χ1) is 9.65. The summed E-state index contributed by atoms with van der Waals surface area (Å²) < 4.78 is 26.4. The molecule has 0 unspecified atom stereocenters. The van der Waals surface area contributed by atoms with Crippen LogP contribution in [0.25, 0.3) is 0 Å². The largest absolute Gasteiger partial charge is 0.350 e. The Morgan fingerprint density at radius 2 is 2.00 bits per heavy atom. The highest BCUT2D eigenvalue weighted by atomic mass is 35.5. The van der Waals surface area contributed by atoms with E-state index >= 15 is 0 Å². The minimum absolute atomic E-state index is 0.0910. The summed E-state index contributed by atoms with van der Waals surface area (Å²) in [5.74, 6) is 0. The number of rotatable bonds is 2. The molecule has 0 radical (unpaired) electrons. The summed E-state index contributed by atoms with van der Waals surface area (Å²) in [7, 11) is -4.13. The number of urea groups is 1. The van der Waals surface area contributed by atoms with Crippen molar-refractivity contribution in [2.75, 3.05) is 0 Å². The van der Waals surface area contributed by atoms with Gasteiger partial charge in [0.25, 0.3) is 10.0 Å². The number of sulfonamides is 1. The second kappa shape index (κ2) is 5.40. The van der Waals surface area contributed by atoms with E-state index in [1.807, 2.05) is 4.72 Å². The number of amides is 2. The smallest absolute Gasteiger partial charge is 0.301 e. The quantitative estimate of drug-likeness (QED) is 0.859. The molecule has 0 aromatic heterocycles. The summed E-state index contributed by atoms with van der Waals surface area (Å²) in [6.45, 7) is 3.50. The molecule has 2 amide bonds. The fraction of sp³-hybridized carbons (Fsp3) is 0.250. The average Bonchev–Trinajstić information content (AvgIpc) is 2.71. The number of carbonyl (C=O) groups excluding carboxylic acids is 1. The lowest BCUT2D eigenvalue weighted by Crippen LogP contribution is -2.54. The maximum Gasteiger partial charge on any atom is 0.350 e. The van der Waals surface area contributed by atoms with Gasteiger partial charge in [-0.2, -0.15) is 0 Å². The minimum Gasteiger partial charge on any atom is -0.301 e. The molecular formula is C12H13Cl2N3O3S. The first kappa shape index (κ1) is 15.9. The zero-order chi connectivity index (χ0) is 15.8. The third-order valence-corrected chi connectivity index (χ3v) is 5.20. The summed E-state index contributed by atoms with van der Waals surface area (Å²) in [4.78, 5) is 11.8. The SMILES string of the molecule is CC1(C)C=CNN1C(=O)NS(=O)(=O)c1cccc(Cl)c1Cl. The third-order valence-electron chi connectivity index (χ3n) is 2.90. The second-order valence-corrected chi connectivity index (χ2v) is 7.35. The molecule has 0 spiro atoms. The van der Waals surface area contributed by atoms with Crippen LogP contribution in [0.3, 0.4) is 0 Å². The molecule has 1 heterocycles. The van der Waals surface area contributed by atoms with Crippen LogP contribution in [0.4, 0.5) is 4.79 Å². The van der Waals surface area contributed by atoms with Crippen molar-refractivity contribution in [1.29, 1.82) is 0 Å². The van der Waals surface area contributed by atoms with Gasteiger partial charge >= 0.3 is 6.03 Å². The molecule has 0 saturated carbocycles. The monoisotopic (exact) mass is 349 g/mol. The van der Waals surface area contributed by atoms with Gasteiger partial charge in [-0.25, -0.2) is 22.9 Å². The number of hydrazine groups is 1. The van der Waals surface area contributed by atoms with Gasteiger partial charge in [-0.05, 0) is 32.1 Å². The van der Waals surface area contributed by atoms with Crippen LogP contribution in [0.5, 0.6) is 0 Å². The Balaban J connectivity index is 2.26. The zero-order valence-corrected chi connectivity index (χ0v) is 13.6. The predicted molar refractivity (Wildman–Crippen MR) is 80.4 cm³/mol. The Morgan fingerprint density at radius 1 is 1.33 bits per heavy atom. The summed E-state index contributed by atoms with van der Waals surface area (Å²) in [6, 6.07) is 3.35. The van der Waals surface area contributed by atoms with Crippen LogP contribution in [-0.4, -0.2) is 25.0 Å². The van der Waals surface area contributed by atoms with E-state index in [9.17, 15) is 13.2 Å². The average molecular weight is 350 g/mol. The number of hydrogen-bond acceptors (Lipinski definition) is 4. The van der Waals surface area contributed by atoms with Crippen LogP contribution in [0.15, 0.2) is 35.4 Å². The van der Waals surface area contributed by atoms with E-state index in [2.05, 4.69) is 5.43 Å². The van der Waals surface area contributed by atoms with Crippen LogP contribution in [-0.2, 0) is 10.0 Å². The van der Waals surface area contributed by atoms with Gasteiger partial charge in [0.1, 0.15) is 4.90 Å². The number of nitrogens with one attached hydrogen (secondary N) is 2. The fourth-order valence-electron chi connectivity index (χ4n) is 1.78. The number of hydrogen-bond donors (Lipinski definition) is 2. The molecule has 114 valence electrons. The van der Waals surface area contributed by atoms with E-state index in [1.165, 1.54) is 18.2 Å². The number of benzene rings is 1. The van der Waals surface area contributed by atoms with E-state index in [-0.39, 0.29) is 14.9 Å². The molecular weight excluding hydrogens is 337 g/mol. The Bertz CT molecular complexity index is 716. The normalized spacial score (nSPS) is 16.7. The minimum atomic E-state index is -4.13. The highest BCUT2D eigenvalue weighted by Crippen LogP contribution is 2.29. The molecule has 21 heavy (non-hydrogen) atoms. The molecule has 0 aliphatic carbocycles. The van der Waals surface area contributed by atoms with Gasteiger partial charge in [-0.1, -0.05) is 29.3 Å². The summed E-state index contributed by atoms with van der Waals surface area (Å²) in [6.07, 6.45) is 3.28. The molecule has 1 aliphatic rings. The van der Waals surface area contributed by atoms with Crippen molar-refractivity contribution in [1.82, 2.24) is 15.2 Å². The Kier molecular flexibility index (Phi) is 4.10. The topological polar surface area (TPSA) is 78.5 Å². The highest BCUT2D eigenvalue weighted by Gasteiger charge is 2.34. The van der Waals surface area contributed by atoms with Gasteiger partial charge < -0.3 is 5.43 Å². The van der Waals surface area contributed by atoms with Crippen LogP contribution < -0.4 is 10.1 Å². The molecule has 0 fully saturated rings. The first-order valence-electron chi connectivity index (χ1n) is 5.90. The lowest BCUT2D eigenvalue weighted by atomic mass is 10.1. The van der Waals surface area contributed by atoms with Gasteiger partial charge in [-0.15, -0.1) is 0 Å². The van der Waals surface area contributed by atoms with Gasteiger partial charge in [0, 0.05) is 6.20 Å². The van der Waals surface area contributed by atoms with E-state index < -0.39 is 21.6 Å². The number of halogens is 2. The molecule has 1 aromatic rings. The van der Waals surface area contributed by atoms with Crippen molar-refractivity contribution in [2.24, 2.45) is 0 Å². The first-order valence-corrected chi connectivity index (χ1v) is 8.14. The highest BCUT2D eigenvalue weighted by molar-refractivity contribution is 7.90. The maximum absolute atomic E-state index is 12.2. The van der Waals surface area contributed by atoms with Gasteiger partial charge in [0.2, 0.25) is 0 Å². The van der Waals surface area contributed by atoms with Crippen LogP contribution in [0, 0.1) is 0 Å². The lowest BCUT2D eigenvalue weighted by molar-refractivity contribution is 0.152. The third kappa shape index (κ3) is 3.09. The molecule has 2 N–H and O–H groups in total. The van der Waals surface area contributed by atoms with Crippen molar-refractivity contribution >= 4 is 39.3 Å². The maximum atomic E-state index is 12.2. The van der Waals surface area contributed by atoms with E-state index in [1.54, 1.807) is 26.1 Å². The standard InChI is InChI=1S/C12H13Cl2N3O3S/c1-12(2)6-7-15-17(12)11(18)16-21(19,20)9-5-3-4-8(13)10(9)14/h3-7,15H,1-2H3,(H,16,18). The van der Waals surface area contributed by atoms with Crippen LogP contribution in [0.2, 0.25) is 10.0 Å². The fourth-order valence-corrected chi connectivity index (χ4v) is 3.48. The Morgan fingerprint density at radius 3 is 2.57 bits per heavy atom. The molecule has 0 bridgehead atoms. The molecule has 2 rings (SSSR count). The number of carbonyl (C=O) groups is 1. The van der Waals surface area contributed by atoms with E-state index in [4.69, 9.17) is 23.2 Å². The molecule has 1 aromatic carbocycles. The molecule has 9 heteroatoms. The van der Waals surface area contributed by atoms with E-state index in [0.29, 0.717) is 0 Å². The Hall–Kier alpha value is -1.44. The van der Waals surface area contributed by atoms with Crippen LogP contribution >= 0.6 is 23.2 Å². The zero-order valence-electron chi connectivity index (χ0n) is 11.2.